The van der Waals surface area contributed by atoms with Crippen molar-refractivity contribution in [1.82, 2.24) is 14.8 Å². The number of pyridine rings is 1. The fourth-order valence-electron chi connectivity index (χ4n) is 5.88. The highest BCUT2D eigenvalue weighted by Crippen LogP contribution is 2.53. The monoisotopic (exact) mass is 387 g/mol. The van der Waals surface area contributed by atoms with Crippen molar-refractivity contribution in [3.05, 3.63) is 54.4 Å². The third-order valence-electron chi connectivity index (χ3n) is 7.56. The molecule has 1 saturated carbocycles. The summed E-state index contributed by atoms with van der Waals surface area (Å²) in [5, 5.41) is 2.36. The molecule has 1 aromatic carbocycles. The van der Waals surface area contributed by atoms with E-state index in [0.29, 0.717) is 11.8 Å². The van der Waals surface area contributed by atoms with Gasteiger partial charge in [-0.2, -0.15) is 0 Å². The number of nitrogens with zero attached hydrogens (tertiary/aromatic N) is 3. The molecular formula is C25H29N3O. The van der Waals surface area contributed by atoms with Crippen LogP contribution in [-0.4, -0.2) is 53.6 Å². The highest BCUT2D eigenvalue weighted by Gasteiger charge is 2.51. The first-order chi connectivity index (χ1) is 14.2. The molecule has 1 spiro atoms. The summed E-state index contributed by atoms with van der Waals surface area (Å²) < 4.78 is 7.06. The van der Waals surface area contributed by atoms with Crippen molar-refractivity contribution < 1.29 is 4.74 Å². The minimum Gasteiger partial charge on any atom is -0.479 e. The summed E-state index contributed by atoms with van der Waals surface area (Å²) in [7, 11) is 2.22. The first kappa shape index (κ1) is 17.5. The van der Waals surface area contributed by atoms with E-state index in [1.165, 1.54) is 30.3 Å². The summed E-state index contributed by atoms with van der Waals surface area (Å²) in [4.78, 5) is 9.90. The van der Waals surface area contributed by atoms with Gasteiger partial charge in [0, 0.05) is 55.0 Å². The normalized spacial score (nSPS) is 31.5. The molecule has 4 heteroatoms. The van der Waals surface area contributed by atoms with Gasteiger partial charge in [0.1, 0.15) is 11.3 Å². The van der Waals surface area contributed by atoms with E-state index in [4.69, 9.17) is 9.72 Å². The Morgan fingerprint density at radius 2 is 1.97 bits per heavy atom. The topological polar surface area (TPSA) is 28.6 Å². The van der Waals surface area contributed by atoms with Gasteiger partial charge in [-0.05, 0) is 32.4 Å². The molecule has 2 aliphatic heterocycles. The lowest BCUT2D eigenvalue weighted by atomic mass is 9.63. The molecule has 29 heavy (non-hydrogen) atoms. The average Bonchev–Trinajstić information content (AvgIpc) is 2.73. The number of rotatable bonds is 1. The summed E-state index contributed by atoms with van der Waals surface area (Å²) in [6.45, 7) is 4.30. The number of benzene rings is 1. The SMILES string of the molecule is CN1CCN(C2=CC3(Oc4c2ncc2ccccc42)C2C=CCC3CCC2)CC1. The van der Waals surface area contributed by atoms with Gasteiger partial charge in [-0.1, -0.05) is 42.8 Å². The number of hydrogen-bond acceptors (Lipinski definition) is 4. The highest BCUT2D eigenvalue weighted by atomic mass is 16.5. The Kier molecular flexibility index (Phi) is 3.98. The Balaban J connectivity index is 1.55. The maximum atomic E-state index is 7.06. The van der Waals surface area contributed by atoms with Crippen molar-refractivity contribution >= 4 is 16.5 Å². The van der Waals surface area contributed by atoms with Gasteiger partial charge in [-0.3, -0.25) is 4.98 Å². The molecule has 1 saturated heterocycles. The number of likely N-dealkylation sites (N-methyl/N-ethyl adjacent to an activating group) is 1. The van der Waals surface area contributed by atoms with Gasteiger partial charge in [0.15, 0.2) is 5.75 Å². The van der Waals surface area contributed by atoms with Crippen LogP contribution in [0.1, 0.15) is 31.4 Å². The van der Waals surface area contributed by atoms with E-state index in [2.05, 4.69) is 59.3 Å². The Labute approximate surface area is 172 Å². The maximum absolute atomic E-state index is 7.06. The lowest BCUT2D eigenvalue weighted by Gasteiger charge is -2.52. The van der Waals surface area contributed by atoms with E-state index in [1.54, 1.807) is 0 Å². The highest BCUT2D eigenvalue weighted by molar-refractivity contribution is 5.92. The zero-order valence-corrected chi connectivity index (χ0v) is 17.2. The second kappa shape index (κ2) is 6.60. The third kappa shape index (κ3) is 2.65. The standard InChI is InChI=1S/C25H29N3O/c1-27-12-14-28(15-13-27)22-16-25(19-7-4-8-20(25)10-5-9-19)29-24-21-11-3-2-6-18(21)17-26-23(22)24/h2-4,6-7,11,16-17,19-20H,5,8-10,12-15H2,1H3. The van der Waals surface area contributed by atoms with Crippen LogP contribution < -0.4 is 4.74 Å². The quantitative estimate of drug-likeness (QED) is 0.681. The van der Waals surface area contributed by atoms with Crippen molar-refractivity contribution in [3.8, 4) is 5.75 Å². The number of allylic oxidation sites excluding steroid dienone is 1. The van der Waals surface area contributed by atoms with E-state index >= 15 is 0 Å². The van der Waals surface area contributed by atoms with Crippen LogP contribution in [0.3, 0.4) is 0 Å². The van der Waals surface area contributed by atoms with Crippen molar-refractivity contribution in [2.75, 3.05) is 33.2 Å². The molecule has 1 aromatic heterocycles. The van der Waals surface area contributed by atoms with Crippen molar-refractivity contribution in [3.63, 3.8) is 0 Å². The molecule has 4 aliphatic rings. The Morgan fingerprint density at radius 1 is 1.10 bits per heavy atom. The summed E-state index contributed by atoms with van der Waals surface area (Å²) in [6, 6.07) is 8.55. The van der Waals surface area contributed by atoms with E-state index in [9.17, 15) is 0 Å². The summed E-state index contributed by atoms with van der Waals surface area (Å²) in [5.41, 5.74) is 2.12. The zero-order valence-electron chi connectivity index (χ0n) is 17.2. The molecule has 4 nitrogen and oxygen atoms in total. The third-order valence-corrected chi connectivity index (χ3v) is 7.56. The van der Waals surface area contributed by atoms with Gasteiger partial charge in [0.05, 0.1) is 5.70 Å². The summed E-state index contributed by atoms with van der Waals surface area (Å²) >= 11 is 0. The van der Waals surface area contributed by atoms with Crippen LogP contribution in [0, 0.1) is 11.8 Å². The van der Waals surface area contributed by atoms with Gasteiger partial charge in [-0.15, -0.1) is 0 Å². The van der Waals surface area contributed by atoms with Gasteiger partial charge in [0.25, 0.3) is 0 Å². The molecule has 0 amide bonds. The predicted octanol–water partition coefficient (Wildman–Crippen LogP) is 4.33. The van der Waals surface area contributed by atoms with E-state index in [1.807, 2.05) is 6.20 Å². The van der Waals surface area contributed by atoms with Crippen LogP contribution in [-0.2, 0) is 0 Å². The largest absolute Gasteiger partial charge is 0.479 e. The van der Waals surface area contributed by atoms with Crippen molar-refractivity contribution in [2.45, 2.75) is 31.3 Å². The molecular weight excluding hydrogens is 358 g/mol. The van der Waals surface area contributed by atoms with Gasteiger partial charge in [0.2, 0.25) is 0 Å². The Bertz CT molecular complexity index is 1000. The molecule has 2 bridgehead atoms. The molecule has 6 rings (SSSR count). The molecule has 3 heterocycles. The lowest BCUT2D eigenvalue weighted by Crippen LogP contribution is -2.54. The Hall–Kier alpha value is -2.33. The average molecular weight is 388 g/mol. The smallest absolute Gasteiger partial charge is 0.156 e. The Morgan fingerprint density at radius 3 is 2.83 bits per heavy atom. The zero-order chi connectivity index (χ0) is 19.4. The van der Waals surface area contributed by atoms with Crippen LogP contribution in [0.15, 0.2) is 48.7 Å². The second-order valence-electron chi connectivity index (χ2n) is 9.20. The maximum Gasteiger partial charge on any atom is 0.156 e. The number of piperazine rings is 1. The van der Waals surface area contributed by atoms with E-state index in [0.717, 1.165) is 49.4 Å². The first-order valence-corrected chi connectivity index (χ1v) is 11.1. The van der Waals surface area contributed by atoms with Crippen LogP contribution in [0.5, 0.6) is 5.75 Å². The molecule has 150 valence electrons. The summed E-state index contributed by atoms with van der Waals surface area (Å²) in [6.07, 6.45) is 14.2. The number of ether oxygens (including phenoxy) is 1. The first-order valence-electron chi connectivity index (χ1n) is 11.1. The fourth-order valence-corrected chi connectivity index (χ4v) is 5.88. The van der Waals surface area contributed by atoms with Crippen LogP contribution in [0.2, 0.25) is 0 Å². The van der Waals surface area contributed by atoms with Gasteiger partial charge in [-0.25, -0.2) is 0 Å². The molecule has 2 aliphatic carbocycles. The molecule has 3 unspecified atom stereocenters. The van der Waals surface area contributed by atoms with E-state index < -0.39 is 0 Å². The van der Waals surface area contributed by atoms with Crippen molar-refractivity contribution in [2.24, 2.45) is 11.8 Å². The number of hydrogen-bond donors (Lipinski definition) is 0. The second-order valence-corrected chi connectivity index (χ2v) is 9.20. The summed E-state index contributed by atoms with van der Waals surface area (Å²) in [5.74, 6) is 2.03. The number of fused-ring (bicyclic) bond motifs is 3. The van der Waals surface area contributed by atoms with Gasteiger partial charge < -0.3 is 14.5 Å². The van der Waals surface area contributed by atoms with Crippen LogP contribution >= 0.6 is 0 Å². The lowest BCUT2D eigenvalue weighted by molar-refractivity contribution is -0.0214. The molecule has 2 aromatic rings. The molecule has 0 N–H and O–H groups in total. The van der Waals surface area contributed by atoms with E-state index in [-0.39, 0.29) is 5.60 Å². The molecule has 2 fully saturated rings. The molecule has 3 atom stereocenters. The molecule has 0 radical (unpaired) electrons. The minimum absolute atomic E-state index is 0.218. The number of aromatic nitrogens is 1. The minimum atomic E-state index is -0.218. The predicted molar refractivity (Wildman–Crippen MR) is 117 cm³/mol. The van der Waals surface area contributed by atoms with Gasteiger partial charge >= 0.3 is 0 Å². The van der Waals surface area contributed by atoms with Crippen LogP contribution in [0.25, 0.3) is 16.5 Å². The van der Waals surface area contributed by atoms with Crippen LogP contribution in [0.4, 0.5) is 0 Å². The van der Waals surface area contributed by atoms with Crippen molar-refractivity contribution in [1.29, 1.82) is 0 Å². The fraction of sp³-hybridized carbons (Fsp3) is 0.480.